The molecule has 1 amide bonds. The molecule has 1 fully saturated rings. The van der Waals surface area contributed by atoms with Crippen LogP contribution in [0.15, 0.2) is 23.4 Å². The lowest BCUT2D eigenvalue weighted by Crippen LogP contribution is -2.19. The van der Waals surface area contributed by atoms with E-state index in [9.17, 15) is 4.79 Å². The maximum Gasteiger partial charge on any atom is 0.234 e. The Morgan fingerprint density at radius 1 is 1.33 bits per heavy atom. The minimum atomic E-state index is -0.156. The number of carbonyl (C=O) groups is 1. The van der Waals surface area contributed by atoms with Crippen LogP contribution in [-0.2, 0) is 16.1 Å². The zero-order valence-electron chi connectivity index (χ0n) is 15.2. The fourth-order valence-corrected chi connectivity index (χ4v) is 4.23. The standard InChI is InChI=1S/C18H22Cl2N4O2S/c1-11(2)17-22-23-18(24(17)9-15-4-3-5-26-15)27-10-16(25)21-14-7-12(19)6-13(20)8-14/h6-8,11,15H,3-5,9-10H2,1-2H3,(H,21,25). The van der Waals surface area contributed by atoms with Crippen molar-refractivity contribution in [3.05, 3.63) is 34.1 Å². The molecule has 0 bridgehead atoms. The van der Waals surface area contributed by atoms with E-state index in [2.05, 4.69) is 33.9 Å². The molecular formula is C18H22Cl2N4O2S. The summed E-state index contributed by atoms with van der Waals surface area (Å²) < 4.78 is 7.83. The summed E-state index contributed by atoms with van der Waals surface area (Å²) >= 11 is 13.3. The Bertz CT molecular complexity index is 786. The van der Waals surface area contributed by atoms with Gasteiger partial charge in [0, 0.05) is 28.3 Å². The van der Waals surface area contributed by atoms with Crippen molar-refractivity contribution in [2.75, 3.05) is 17.7 Å². The highest BCUT2D eigenvalue weighted by atomic mass is 35.5. The van der Waals surface area contributed by atoms with Gasteiger partial charge in [-0.2, -0.15) is 0 Å². The van der Waals surface area contributed by atoms with E-state index in [0.29, 0.717) is 22.3 Å². The number of carbonyl (C=O) groups excluding carboxylic acids is 1. The molecule has 2 aromatic rings. The van der Waals surface area contributed by atoms with Crippen LogP contribution in [0.5, 0.6) is 0 Å². The SMILES string of the molecule is CC(C)c1nnc(SCC(=O)Nc2cc(Cl)cc(Cl)c2)n1CC1CCCO1. The van der Waals surface area contributed by atoms with Gasteiger partial charge in [-0.1, -0.05) is 48.8 Å². The van der Waals surface area contributed by atoms with E-state index in [1.165, 1.54) is 11.8 Å². The summed E-state index contributed by atoms with van der Waals surface area (Å²) in [6, 6.07) is 4.94. The topological polar surface area (TPSA) is 69.0 Å². The van der Waals surface area contributed by atoms with Crippen LogP contribution in [0.2, 0.25) is 10.0 Å². The van der Waals surface area contributed by atoms with Gasteiger partial charge >= 0.3 is 0 Å². The number of rotatable bonds is 7. The first-order chi connectivity index (χ1) is 12.9. The number of nitrogens with one attached hydrogen (secondary N) is 1. The normalized spacial score (nSPS) is 16.9. The molecule has 1 atom stereocenters. The van der Waals surface area contributed by atoms with E-state index in [1.54, 1.807) is 18.2 Å². The van der Waals surface area contributed by atoms with Crippen molar-refractivity contribution in [1.29, 1.82) is 0 Å². The highest BCUT2D eigenvalue weighted by Crippen LogP contribution is 2.26. The summed E-state index contributed by atoms with van der Waals surface area (Å²) in [5.41, 5.74) is 0.571. The van der Waals surface area contributed by atoms with Crippen LogP contribution in [-0.4, -0.2) is 39.1 Å². The monoisotopic (exact) mass is 428 g/mol. The quantitative estimate of drug-likeness (QED) is 0.651. The Labute approximate surface area is 173 Å². The average Bonchev–Trinajstić information content (AvgIpc) is 3.22. The van der Waals surface area contributed by atoms with Gasteiger partial charge in [0.15, 0.2) is 5.16 Å². The number of thioether (sulfide) groups is 1. The third-order valence-corrected chi connectivity index (χ3v) is 5.55. The van der Waals surface area contributed by atoms with Gasteiger partial charge in [0.2, 0.25) is 5.91 Å². The maximum atomic E-state index is 12.3. The van der Waals surface area contributed by atoms with Crippen LogP contribution >= 0.6 is 35.0 Å². The van der Waals surface area contributed by atoms with E-state index in [0.717, 1.165) is 30.4 Å². The van der Waals surface area contributed by atoms with E-state index in [-0.39, 0.29) is 23.7 Å². The molecule has 1 N–H and O–H groups in total. The first-order valence-corrected chi connectivity index (χ1v) is 10.6. The number of halogens is 2. The van der Waals surface area contributed by atoms with E-state index < -0.39 is 0 Å². The largest absolute Gasteiger partial charge is 0.376 e. The molecule has 1 aromatic carbocycles. The van der Waals surface area contributed by atoms with Crippen LogP contribution in [0.25, 0.3) is 0 Å². The van der Waals surface area contributed by atoms with Crippen LogP contribution in [0.4, 0.5) is 5.69 Å². The Morgan fingerprint density at radius 2 is 2.07 bits per heavy atom. The minimum Gasteiger partial charge on any atom is -0.376 e. The maximum absolute atomic E-state index is 12.3. The van der Waals surface area contributed by atoms with Gasteiger partial charge in [0.25, 0.3) is 0 Å². The number of anilines is 1. The minimum absolute atomic E-state index is 0.156. The number of nitrogens with zero attached hydrogens (tertiary/aromatic N) is 3. The third-order valence-electron chi connectivity index (χ3n) is 4.15. The van der Waals surface area contributed by atoms with Gasteiger partial charge in [-0.05, 0) is 31.0 Å². The molecule has 0 aliphatic carbocycles. The smallest absolute Gasteiger partial charge is 0.234 e. The fourth-order valence-electron chi connectivity index (χ4n) is 2.95. The summed E-state index contributed by atoms with van der Waals surface area (Å²) in [6.07, 6.45) is 2.30. The highest BCUT2D eigenvalue weighted by Gasteiger charge is 2.22. The lowest BCUT2D eigenvalue weighted by atomic mass is 10.2. The molecule has 2 heterocycles. The summed E-state index contributed by atoms with van der Waals surface area (Å²) in [5.74, 6) is 1.22. The Kier molecular flexibility index (Phi) is 7.03. The molecule has 1 saturated heterocycles. The van der Waals surface area contributed by atoms with Gasteiger partial charge in [0.05, 0.1) is 18.4 Å². The molecule has 3 rings (SSSR count). The van der Waals surface area contributed by atoms with Crippen LogP contribution in [0.1, 0.15) is 38.4 Å². The van der Waals surface area contributed by atoms with Crippen molar-refractivity contribution in [2.45, 2.75) is 50.4 Å². The zero-order valence-corrected chi connectivity index (χ0v) is 17.6. The molecule has 1 aliphatic heterocycles. The molecule has 6 nitrogen and oxygen atoms in total. The number of amides is 1. The number of aromatic nitrogens is 3. The lowest BCUT2D eigenvalue weighted by Gasteiger charge is -2.16. The zero-order chi connectivity index (χ0) is 19.4. The second kappa shape index (κ2) is 9.28. The Hall–Kier alpha value is -1.28. The third kappa shape index (κ3) is 5.60. The number of hydrogen-bond donors (Lipinski definition) is 1. The first-order valence-electron chi connectivity index (χ1n) is 8.86. The van der Waals surface area contributed by atoms with Gasteiger partial charge in [-0.3, -0.25) is 4.79 Å². The molecule has 0 radical (unpaired) electrons. The fraction of sp³-hybridized carbons (Fsp3) is 0.500. The number of ether oxygens (including phenoxy) is 1. The summed E-state index contributed by atoms with van der Waals surface area (Å²) in [4.78, 5) is 12.3. The first kappa shape index (κ1) is 20.5. The highest BCUT2D eigenvalue weighted by molar-refractivity contribution is 7.99. The summed E-state index contributed by atoms with van der Waals surface area (Å²) in [7, 11) is 0. The molecule has 27 heavy (non-hydrogen) atoms. The summed E-state index contributed by atoms with van der Waals surface area (Å²) in [5, 5.41) is 13.1. The predicted octanol–water partition coefficient (Wildman–Crippen LogP) is 4.62. The van der Waals surface area contributed by atoms with Crippen molar-refractivity contribution in [3.63, 3.8) is 0 Å². The van der Waals surface area contributed by atoms with Crippen molar-refractivity contribution < 1.29 is 9.53 Å². The van der Waals surface area contributed by atoms with Crippen molar-refractivity contribution in [2.24, 2.45) is 0 Å². The molecule has 1 aliphatic rings. The molecule has 1 aromatic heterocycles. The van der Waals surface area contributed by atoms with Gasteiger partial charge in [0.1, 0.15) is 5.82 Å². The van der Waals surface area contributed by atoms with E-state index in [1.807, 2.05) is 0 Å². The Balaban J connectivity index is 1.65. The summed E-state index contributed by atoms with van der Waals surface area (Å²) in [6.45, 7) is 5.69. The van der Waals surface area contributed by atoms with Gasteiger partial charge in [-0.25, -0.2) is 0 Å². The van der Waals surface area contributed by atoms with Crippen molar-refractivity contribution >= 4 is 46.6 Å². The van der Waals surface area contributed by atoms with Crippen LogP contribution in [0.3, 0.4) is 0 Å². The van der Waals surface area contributed by atoms with E-state index >= 15 is 0 Å². The second-order valence-corrected chi connectivity index (χ2v) is 8.55. The van der Waals surface area contributed by atoms with Crippen LogP contribution in [0, 0.1) is 0 Å². The van der Waals surface area contributed by atoms with Crippen molar-refractivity contribution in [3.8, 4) is 0 Å². The van der Waals surface area contributed by atoms with Gasteiger partial charge in [-0.15, -0.1) is 10.2 Å². The lowest BCUT2D eigenvalue weighted by molar-refractivity contribution is -0.113. The average molecular weight is 429 g/mol. The van der Waals surface area contributed by atoms with E-state index in [4.69, 9.17) is 27.9 Å². The second-order valence-electron chi connectivity index (χ2n) is 6.74. The molecule has 9 heteroatoms. The molecule has 146 valence electrons. The number of benzene rings is 1. The van der Waals surface area contributed by atoms with Crippen LogP contribution < -0.4 is 5.32 Å². The number of hydrogen-bond acceptors (Lipinski definition) is 5. The molecule has 0 saturated carbocycles. The molecular weight excluding hydrogens is 407 g/mol. The molecule has 0 spiro atoms. The Morgan fingerprint density at radius 3 is 2.70 bits per heavy atom. The van der Waals surface area contributed by atoms with Crippen molar-refractivity contribution in [1.82, 2.24) is 14.8 Å². The predicted molar refractivity (Wildman–Crippen MR) is 109 cm³/mol. The molecule has 1 unspecified atom stereocenters. The van der Waals surface area contributed by atoms with Gasteiger partial charge < -0.3 is 14.6 Å².